The molecule has 1 heterocycles. The number of benzene rings is 1. The summed E-state index contributed by atoms with van der Waals surface area (Å²) in [6.07, 6.45) is 1.86. The van der Waals surface area contributed by atoms with Gasteiger partial charge in [-0.25, -0.2) is 4.79 Å². The van der Waals surface area contributed by atoms with Crippen molar-refractivity contribution >= 4 is 12.0 Å². The van der Waals surface area contributed by atoms with Crippen molar-refractivity contribution < 1.29 is 19.1 Å². The Morgan fingerprint density at radius 1 is 1.29 bits per heavy atom. The Kier molecular flexibility index (Phi) is 5.03. The molecule has 21 heavy (non-hydrogen) atoms. The molecule has 114 valence electrons. The Hall–Kier alpha value is -2.24. The van der Waals surface area contributed by atoms with Crippen molar-refractivity contribution in [1.29, 1.82) is 0 Å². The van der Waals surface area contributed by atoms with Crippen LogP contribution in [0.1, 0.15) is 24.4 Å². The van der Waals surface area contributed by atoms with E-state index in [1.807, 2.05) is 24.3 Å². The van der Waals surface area contributed by atoms with E-state index in [9.17, 15) is 9.59 Å². The molecule has 0 aliphatic carbocycles. The molecule has 1 fully saturated rings. The van der Waals surface area contributed by atoms with Gasteiger partial charge in [0, 0.05) is 6.54 Å². The molecule has 6 nitrogen and oxygen atoms in total. The molecule has 6 heteroatoms. The molecule has 1 aliphatic heterocycles. The number of methoxy groups -OCH3 is 2. The number of hydrogen-bond acceptors (Lipinski definition) is 4. The van der Waals surface area contributed by atoms with Crippen LogP contribution in [0, 0.1) is 0 Å². The maximum Gasteiger partial charge on any atom is 0.325 e. The summed E-state index contributed by atoms with van der Waals surface area (Å²) in [5.74, 6) is 0.335. The molecule has 0 spiro atoms. The maximum absolute atomic E-state index is 12.2. The standard InChI is InChI=1S/C15H20N2O4/c1-20-12-7-5-11(6-8-12)13-4-3-9-17(13)15(19)16-10-14(18)21-2/h5-8,13H,3-4,9-10H2,1-2H3,(H,16,19)/t13-/m0/s1. The number of esters is 1. The van der Waals surface area contributed by atoms with E-state index in [1.165, 1.54) is 7.11 Å². The fraction of sp³-hybridized carbons (Fsp3) is 0.467. The first-order valence-electron chi connectivity index (χ1n) is 6.91. The average molecular weight is 292 g/mol. The lowest BCUT2D eigenvalue weighted by atomic mass is 10.0. The van der Waals surface area contributed by atoms with Crippen LogP contribution in [0.4, 0.5) is 4.79 Å². The number of ether oxygens (including phenoxy) is 2. The highest BCUT2D eigenvalue weighted by Gasteiger charge is 2.30. The lowest BCUT2D eigenvalue weighted by Gasteiger charge is -2.25. The van der Waals surface area contributed by atoms with Gasteiger partial charge in [-0.1, -0.05) is 12.1 Å². The van der Waals surface area contributed by atoms with Crippen LogP contribution in [0.2, 0.25) is 0 Å². The van der Waals surface area contributed by atoms with Gasteiger partial charge < -0.3 is 19.7 Å². The molecule has 1 atom stereocenters. The van der Waals surface area contributed by atoms with E-state index in [-0.39, 0.29) is 18.6 Å². The molecule has 0 bridgehead atoms. The molecule has 0 aromatic heterocycles. The third-order valence-electron chi connectivity index (χ3n) is 3.63. The zero-order valence-corrected chi connectivity index (χ0v) is 12.3. The Bertz CT molecular complexity index is 501. The van der Waals surface area contributed by atoms with Crippen LogP contribution in [0.15, 0.2) is 24.3 Å². The minimum absolute atomic E-state index is 0.0357. The summed E-state index contributed by atoms with van der Waals surface area (Å²) in [4.78, 5) is 25.0. The van der Waals surface area contributed by atoms with Crippen LogP contribution in [0.25, 0.3) is 0 Å². The van der Waals surface area contributed by atoms with Crippen molar-refractivity contribution in [2.75, 3.05) is 27.3 Å². The van der Waals surface area contributed by atoms with Gasteiger partial charge in [-0.05, 0) is 30.5 Å². The predicted octanol–water partition coefficient (Wildman–Crippen LogP) is 1.71. The van der Waals surface area contributed by atoms with Gasteiger partial charge in [0.15, 0.2) is 0 Å². The Balaban J connectivity index is 2.01. The second-order valence-corrected chi connectivity index (χ2v) is 4.86. The van der Waals surface area contributed by atoms with Gasteiger partial charge in [-0.15, -0.1) is 0 Å². The van der Waals surface area contributed by atoms with E-state index < -0.39 is 5.97 Å². The van der Waals surface area contributed by atoms with Gasteiger partial charge in [0.25, 0.3) is 0 Å². The minimum atomic E-state index is -0.455. The molecule has 0 unspecified atom stereocenters. The van der Waals surface area contributed by atoms with E-state index in [2.05, 4.69) is 10.1 Å². The quantitative estimate of drug-likeness (QED) is 0.858. The van der Waals surface area contributed by atoms with E-state index in [0.717, 1.165) is 24.2 Å². The summed E-state index contributed by atoms with van der Waals surface area (Å²) in [6, 6.07) is 7.51. The van der Waals surface area contributed by atoms with Crippen molar-refractivity contribution in [3.8, 4) is 5.75 Å². The fourth-order valence-electron chi connectivity index (χ4n) is 2.50. The van der Waals surface area contributed by atoms with Crippen molar-refractivity contribution in [1.82, 2.24) is 10.2 Å². The molecule has 1 N–H and O–H groups in total. The highest BCUT2D eigenvalue weighted by Crippen LogP contribution is 2.32. The molecule has 1 aromatic rings. The first-order valence-corrected chi connectivity index (χ1v) is 6.91. The van der Waals surface area contributed by atoms with E-state index >= 15 is 0 Å². The first kappa shape index (κ1) is 15.2. The monoisotopic (exact) mass is 292 g/mol. The minimum Gasteiger partial charge on any atom is -0.497 e. The Morgan fingerprint density at radius 2 is 2.00 bits per heavy atom. The molecule has 1 aromatic carbocycles. The number of hydrogen-bond donors (Lipinski definition) is 1. The van der Waals surface area contributed by atoms with Gasteiger partial charge in [0.1, 0.15) is 12.3 Å². The van der Waals surface area contributed by atoms with Crippen LogP contribution in [0.3, 0.4) is 0 Å². The van der Waals surface area contributed by atoms with Gasteiger partial charge in [-0.3, -0.25) is 4.79 Å². The summed E-state index contributed by atoms with van der Waals surface area (Å²) in [5, 5.41) is 2.59. The number of urea groups is 1. The molecule has 0 saturated carbocycles. The normalized spacial score (nSPS) is 17.4. The van der Waals surface area contributed by atoms with Crippen LogP contribution in [0.5, 0.6) is 5.75 Å². The number of nitrogens with zero attached hydrogens (tertiary/aromatic N) is 1. The van der Waals surface area contributed by atoms with E-state index in [1.54, 1.807) is 12.0 Å². The maximum atomic E-state index is 12.2. The topological polar surface area (TPSA) is 67.9 Å². The van der Waals surface area contributed by atoms with Crippen LogP contribution < -0.4 is 10.1 Å². The molecular weight excluding hydrogens is 272 g/mol. The summed E-state index contributed by atoms with van der Waals surface area (Å²) >= 11 is 0. The van der Waals surface area contributed by atoms with Crippen molar-refractivity contribution in [2.24, 2.45) is 0 Å². The largest absolute Gasteiger partial charge is 0.497 e. The van der Waals surface area contributed by atoms with Gasteiger partial charge in [-0.2, -0.15) is 0 Å². The highest BCUT2D eigenvalue weighted by molar-refractivity contribution is 5.81. The number of rotatable bonds is 4. The molecule has 0 radical (unpaired) electrons. The fourth-order valence-corrected chi connectivity index (χ4v) is 2.50. The van der Waals surface area contributed by atoms with Crippen molar-refractivity contribution in [3.63, 3.8) is 0 Å². The zero-order valence-electron chi connectivity index (χ0n) is 12.3. The molecular formula is C15H20N2O4. The molecule has 2 rings (SSSR count). The van der Waals surface area contributed by atoms with E-state index in [0.29, 0.717) is 6.54 Å². The third-order valence-corrected chi connectivity index (χ3v) is 3.63. The number of likely N-dealkylation sites (tertiary alicyclic amines) is 1. The van der Waals surface area contributed by atoms with E-state index in [4.69, 9.17) is 4.74 Å². The summed E-state index contributed by atoms with van der Waals surface area (Å²) in [6.45, 7) is 0.574. The smallest absolute Gasteiger partial charge is 0.325 e. The second kappa shape index (κ2) is 6.97. The van der Waals surface area contributed by atoms with Gasteiger partial charge in [0.2, 0.25) is 0 Å². The Labute approximate surface area is 124 Å². The molecule has 1 aliphatic rings. The summed E-state index contributed by atoms with van der Waals surface area (Å²) in [7, 11) is 2.92. The first-order chi connectivity index (χ1) is 10.2. The van der Waals surface area contributed by atoms with Crippen LogP contribution in [-0.2, 0) is 9.53 Å². The Morgan fingerprint density at radius 3 is 2.62 bits per heavy atom. The van der Waals surface area contributed by atoms with Crippen molar-refractivity contribution in [3.05, 3.63) is 29.8 Å². The number of carbonyl (C=O) groups is 2. The molecule has 1 saturated heterocycles. The predicted molar refractivity (Wildman–Crippen MR) is 77.1 cm³/mol. The van der Waals surface area contributed by atoms with Gasteiger partial charge >= 0.3 is 12.0 Å². The van der Waals surface area contributed by atoms with Crippen molar-refractivity contribution in [2.45, 2.75) is 18.9 Å². The summed E-state index contributed by atoms with van der Waals surface area (Å²) in [5.41, 5.74) is 1.07. The SMILES string of the molecule is COC(=O)CNC(=O)N1CCC[C@H]1c1ccc(OC)cc1. The highest BCUT2D eigenvalue weighted by atomic mass is 16.5. The van der Waals surface area contributed by atoms with Crippen LogP contribution >= 0.6 is 0 Å². The lowest BCUT2D eigenvalue weighted by Crippen LogP contribution is -2.41. The summed E-state index contributed by atoms with van der Waals surface area (Å²) < 4.78 is 9.65. The third kappa shape index (κ3) is 3.65. The average Bonchev–Trinajstić information content (AvgIpc) is 3.01. The molecule has 2 amide bonds. The van der Waals surface area contributed by atoms with Crippen LogP contribution in [-0.4, -0.2) is 44.2 Å². The lowest BCUT2D eigenvalue weighted by molar-refractivity contribution is -0.139. The number of amides is 2. The number of carbonyl (C=O) groups excluding carboxylic acids is 2. The van der Waals surface area contributed by atoms with Gasteiger partial charge in [0.05, 0.1) is 20.3 Å². The zero-order chi connectivity index (χ0) is 15.2. The second-order valence-electron chi connectivity index (χ2n) is 4.86. The number of nitrogens with one attached hydrogen (secondary N) is 1.